The first-order valence-electron chi connectivity index (χ1n) is 25.0. The monoisotopic (exact) mass is 1060 g/mol. The van der Waals surface area contributed by atoms with Gasteiger partial charge in [-0.15, -0.1) is 11.3 Å². The lowest BCUT2D eigenvalue weighted by atomic mass is 9.85. The largest absolute Gasteiger partial charge is 0.494 e. The second-order valence-corrected chi connectivity index (χ2v) is 21.6. The first kappa shape index (κ1) is 56.3. The highest BCUT2D eigenvalue weighted by Gasteiger charge is 2.53. The number of unbranched alkanes of at least 4 members (excludes halogenated alkanes) is 2. The number of morpholine rings is 1. The van der Waals surface area contributed by atoms with Gasteiger partial charge in [0.25, 0.3) is 5.91 Å². The van der Waals surface area contributed by atoms with Gasteiger partial charge >= 0.3 is 12.2 Å². The molecule has 3 aliphatic rings. The number of nitrogens with one attached hydrogen (secondary N) is 2. The van der Waals surface area contributed by atoms with Crippen LogP contribution in [0.1, 0.15) is 95.7 Å². The number of urea groups is 1. The third-order valence-corrected chi connectivity index (χ3v) is 14.6. The van der Waals surface area contributed by atoms with E-state index in [2.05, 4.69) is 15.6 Å². The van der Waals surface area contributed by atoms with E-state index >= 15 is 0 Å². The molecule has 7 rings (SSSR count). The molecule has 5 atom stereocenters. The summed E-state index contributed by atoms with van der Waals surface area (Å²) in [5.41, 5.74) is 0.709. The number of amides is 6. The van der Waals surface area contributed by atoms with Gasteiger partial charge in [-0.05, 0) is 106 Å². The highest BCUT2D eigenvalue weighted by atomic mass is 32.1. The number of halogens is 3. The molecule has 3 fully saturated rings. The lowest BCUT2D eigenvalue weighted by Gasteiger charge is -2.37. The van der Waals surface area contributed by atoms with Gasteiger partial charge in [-0.25, -0.2) is 14.7 Å². The first-order chi connectivity index (χ1) is 35.5. The number of anilines is 2. The maximum atomic E-state index is 14.2. The fourth-order valence-electron chi connectivity index (χ4n) is 9.49. The lowest BCUT2D eigenvalue weighted by molar-refractivity contribution is -0.144. The number of thiazole rings is 1. The second kappa shape index (κ2) is 23.6. The molecule has 3 saturated heterocycles. The van der Waals surface area contributed by atoms with Crippen LogP contribution in [0.3, 0.4) is 0 Å². The molecule has 402 valence electrons. The van der Waals surface area contributed by atoms with Crippen molar-refractivity contribution in [2.45, 2.75) is 116 Å². The number of imide groups is 1. The molecule has 0 radical (unpaired) electrons. The van der Waals surface area contributed by atoms with Crippen molar-refractivity contribution in [3.8, 4) is 22.3 Å². The zero-order valence-corrected chi connectivity index (χ0v) is 44.1. The summed E-state index contributed by atoms with van der Waals surface area (Å²) in [6.07, 6.45) is -3.70. The summed E-state index contributed by atoms with van der Waals surface area (Å²) in [6.45, 7) is 14.9. The van der Waals surface area contributed by atoms with E-state index in [4.69, 9.17) is 14.2 Å². The van der Waals surface area contributed by atoms with Crippen molar-refractivity contribution in [3.05, 3.63) is 94.6 Å². The Balaban J connectivity index is 0.813. The number of benzene rings is 3. The van der Waals surface area contributed by atoms with Crippen LogP contribution in [0.15, 0.2) is 72.2 Å². The number of alkyl halides is 3. The molecule has 0 spiro atoms. The number of aryl methyl sites for hydroxylation is 1. The van der Waals surface area contributed by atoms with Gasteiger partial charge in [0, 0.05) is 38.3 Å². The van der Waals surface area contributed by atoms with Crippen molar-refractivity contribution in [2.24, 2.45) is 5.41 Å². The molecule has 4 heterocycles. The number of aromatic nitrogens is 1. The number of β-amino-alcohol motifs (C(OH)–C–C–N with tert-alkyl or cyclic N) is 1. The average molecular weight is 1060 g/mol. The van der Waals surface area contributed by atoms with E-state index in [-0.39, 0.29) is 49.2 Å². The van der Waals surface area contributed by atoms with Gasteiger partial charge in [0.05, 0.1) is 83.6 Å². The van der Waals surface area contributed by atoms with Gasteiger partial charge in [0.2, 0.25) is 17.7 Å². The number of nitriles is 1. The number of hydrogen-bond acceptors (Lipinski definition) is 13. The van der Waals surface area contributed by atoms with E-state index in [0.717, 1.165) is 46.7 Å². The number of aliphatic hydroxyl groups excluding tert-OH is 1. The number of ether oxygens (including phenoxy) is 3. The molecular weight excluding hydrogens is 994 g/mol. The quantitative estimate of drug-likeness (QED) is 0.0621. The molecule has 2 unspecified atom stereocenters. The topological polar surface area (TPSA) is 207 Å². The Morgan fingerprint density at radius 1 is 0.973 bits per heavy atom. The first-order valence-corrected chi connectivity index (χ1v) is 25.9. The molecule has 3 N–H and O–H groups in total. The maximum absolute atomic E-state index is 14.2. The molecule has 21 heteroatoms. The Morgan fingerprint density at radius 3 is 2.32 bits per heavy atom. The van der Waals surface area contributed by atoms with Crippen molar-refractivity contribution >= 4 is 52.4 Å². The zero-order chi connectivity index (χ0) is 54.4. The van der Waals surface area contributed by atoms with Crippen molar-refractivity contribution in [2.75, 3.05) is 62.4 Å². The number of carbonyl (C=O) groups is 5. The van der Waals surface area contributed by atoms with Gasteiger partial charge in [-0.3, -0.25) is 29.0 Å². The molecule has 3 aromatic carbocycles. The minimum Gasteiger partial charge on any atom is -0.494 e. The van der Waals surface area contributed by atoms with Crippen LogP contribution in [0.5, 0.6) is 5.75 Å². The SMILES string of the molecule is Cc1ncsc1-c1ccc([C@H](C)NC(=O)[C@@H]2C[C@@H](O)CN2C(=O)C(NC(=O)CN2CCOC(COCCCCCOc3ccc(N4C(=O)N(c5ccc(C#N)c(C(F)(F)F)c5)C(=O)C4(C)C)cc3)C2)C(C)(C)C)cc1. The van der Waals surface area contributed by atoms with E-state index in [0.29, 0.717) is 68.3 Å². The average Bonchev–Trinajstić information content (AvgIpc) is 4.03. The van der Waals surface area contributed by atoms with Crippen molar-refractivity contribution in [3.63, 3.8) is 0 Å². The summed E-state index contributed by atoms with van der Waals surface area (Å²) in [5, 5.41) is 25.9. The van der Waals surface area contributed by atoms with Crippen LogP contribution < -0.4 is 25.2 Å². The van der Waals surface area contributed by atoms with Crippen molar-refractivity contribution < 1.29 is 56.5 Å². The molecule has 0 bridgehead atoms. The molecule has 0 aliphatic carbocycles. The Kier molecular flexibility index (Phi) is 17.7. The van der Waals surface area contributed by atoms with E-state index < -0.39 is 64.3 Å². The van der Waals surface area contributed by atoms with Crippen LogP contribution in [0.25, 0.3) is 10.4 Å². The highest BCUT2D eigenvalue weighted by Crippen LogP contribution is 2.40. The minimum atomic E-state index is -4.87. The fourth-order valence-corrected chi connectivity index (χ4v) is 10.3. The number of aliphatic hydroxyl groups is 1. The summed E-state index contributed by atoms with van der Waals surface area (Å²) in [4.78, 5) is 79.3. The van der Waals surface area contributed by atoms with Gasteiger partial charge < -0.3 is 34.9 Å². The fraction of sp³-hybridized carbons (Fsp3) is 0.500. The van der Waals surface area contributed by atoms with Gasteiger partial charge in [0.15, 0.2) is 0 Å². The van der Waals surface area contributed by atoms with E-state index in [1.807, 2.05) is 63.8 Å². The number of likely N-dealkylation sites (tertiary alicyclic amines) is 1. The van der Waals surface area contributed by atoms with Gasteiger partial charge in [0.1, 0.15) is 23.4 Å². The summed E-state index contributed by atoms with van der Waals surface area (Å²) < 4.78 is 58.9. The summed E-state index contributed by atoms with van der Waals surface area (Å²) in [7, 11) is 0. The molecule has 3 aliphatic heterocycles. The standard InChI is InChI=1S/C54H65F3N8O9S/c1-33(35-11-13-36(14-12-35)46-34(2)59-32-75-46)60-48(68)44-26-40(66)28-63(44)49(69)47(52(3,4)5)61-45(67)30-62-21-24-74-42(29-62)31-72-22-9-8-10-23-73-41-19-17-38(18-20-41)65-51(71)64(50(70)53(65,6)7)39-16-15-37(27-58)43(25-39)54(55,56)57/h11-20,25,32-33,40,42,44,47,66H,8-10,21-24,26,28-31H2,1-7H3,(H,60,68)(H,61,67)/t33-,40+,42?,44-,47?/m0/s1. The predicted molar refractivity (Wildman–Crippen MR) is 275 cm³/mol. The number of nitrogens with zero attached hydrogens (tertiary/aromatic N) is 6. The van der Waals surface area contributed by atoms with Crippen LogP contribution >= 0.6 is 11.3 Å². The predicted octanol–water partition coefficient (Wildman–Crippen LogP) is 7.40. The third-order valence-electron chi connectivity index (χ3n) is 13.6. The molecule has 4 aromatic rings. The van der Waals surface area contributed by atoms with E-state index in [1.165, 1.54) is 29.7 Å². The molecule has 17 nitrogen and oxygen atoms in total. The Hall–Kier alpha value is -6.44. The molecule has 75 heavy (non-hydrogen) atoms. The Bertz CT molecular complexity index is 2740. The minimum absolute atomic E-state index is 0.0232. The van der Waals surface area contributed by atoms with E-state index in [1.54, 1.807) is 41.1 Å². The van der Waals surface area contributed by atoms with Crippen LogP contribution in [-0.2, 0) is 34.8 Å². The molecule has 6 amide bonds. The van der Waals surface area contributed by atoms with Gasteiger partial charge in [-0.2, -0.15) is 18.4 Å². The lowest BCUT2D eigenvalue weighted by Crippen LogP contribution is -2.59. The number of hydrogen-bond donors (Lipinski definition) is 3. The normalized spacial score (nSPS) is 20.0. The van der Waals surface area contributed by atoms with Crippen LogP contribution in [0.2, 0.25) is 0 Å². The van der Waals surface area contributed by atoms with Crippen LogP contribution in [0, 0.1) is 23.7 Å². The van der Waals surface area contributed by atoms with Crippen LogP contribution in [-0.4, -0.2) is 132 Å². The summed E-state index contributed by atoms with van der Waals surface area (Å²) in [5.74, 6) is -1.38. The molecular formula is C54H65F3N8O9S. The highest BCUT2D eigenvalue weighted by molar-refractivity contribution is 7.13. The maximum Gasteiger partial charge on any atom is 0.417 e. The smallest absolute Gasteiger partial charge is 0.417 e. The number of carbonyl (C=O) groups excluding carboxylic acids is 5. The Morgan fingerprint density at radius 2 is 1.67 bits per heavy atom. The van der Waals surface area contributed by atoms with E-state index in [9.17, 15) is 47.5 Å². The molecule has 0 saturated carbocycles. The zero-order valence-electron chi connectivity index (χ0n) is 43.2. The Labute approximate surface area is 438 Å². The second-order valence-electron chi connectivity index (χ2n) is 20.7. The third kappa shape index (κ3) is 13.3. The van der Waals surface area contributed by atoms with Gasteiger partial charge in [-0.1, -0.05) is 45.0 Å². The number of rotatable bonds is 19. The summed E-state index contributed by atoms with van der Waals surface area (Å²) >= 11 is 1.56. The van der Waals surface area contributed by atoms with Crippen LogP contribution in [0.4, 0.5) is 29.3 Å². The van der Waals surface area contributed by atoms with Crippen molar-refractivity contribution in [1.82, 2.24) is 25.4 Å². The molecule has 1 aromatic heterocycles. The summed E-state index contributed by atoms with van der Waals surface area (Å²) in [6, 6.07) is 15.5. The van der Waals surface area contributed by atoms with Crippen molar-refractivity contribution in [1.29, 1.82) is 5.26 Å².